The lowest BCUT2D eigenvalue weighted by molar-refractivity contribution is 0.0983. The standard InChI is InChI=1S/C13H18FN3O2/c1-2-19-13(18)17-8-5-10(6-9-17)16-12-11(14)4-3-7-15-12/h3-4,7,10H,2,5-6,8-9H2,1H3,(H,15,16). The molecule has 104 valence electrons. The lowest BCUT2D eigenvalue weighted by Gasteiger charge is -2.31. The van der Waals surface area contributed by atoms with Crippen molar-refractivity contribution in [1.29, 1.82) is 0 Å². The fourth-order valence-corrected chi connectivity index (χ4v) is 2.11. The monoisotopic (exact) mass is 267 g/mol. The van der Waals surface area contributed by atoms with E-state index in [2.05, 4.69) is 10.3 Å². The van der Waals surface area contributed by atoms with Crippen molar-refractivity contribution >= 4 is 11.9 Å². The quantitative estimate of drug-likeness (QED) is 0.912. The first-order valence-electron chi connectivity index (χ1n) is 6.49. The van der Waals surface area contributed by atoms with Gasteiger partial charge in [-0.15, -0.1) is 0 Å². The zero-order chi connectivity index (χ0) is 13.7. The van der Waals surface area contributed by atoms with Gasteiger partial charge < -0.3 is 15.0 Å². The number of piperidine rings is 1. The van der Waals surface area contributed by atoms with Gasteiger partial charge in [-0.3, -0.25) is 0 Å². The molecule has 1 fully saturated rings. The van der Waals surface area contributed by atoms with E-state index in [4.69, 9.17) is 4.74 Å². The molecular weight excluding hydrogens is 249 g/mol. The third-order valence-electron chi connectivity index (χ3n) is 3.12. The van der Waals surface area contributed by atoms with Gasteiger partial charge >= 0.3 is 6.09 Å². The van der Waals surface area contributed by atoms with Gasteiger partial charge in [0.25, 0.3) is 0 Å². The molecule has 0 unspecified atom stereocenters. The van der Waals surface area contributed by atoms with Crippen molar-refractivity contribution in [1.82, 2.24) is 9.88 Å². The van der Waals surface area contributed by atoms with Crippen molar-refractivity contribution < 1.29 is 13.9 Å². The SMILES string of the molecule is CCOC(=O)N1CCC(Nc2ncccc2F)CC1. The van der Waals surface area contributed by atoms with Crippen LogP contribution in [0.5, 0.6) is 0 Å². The first-order chi connectivity index (χ1) is 9.20. The van der Waals surface area contributed by atoms with E-state index < -0.39 is 0 Å². The van der Waals surface area contributed by atoms with Crippen LogP contribution in [0.25, 0.3) is 0 Å². The van der Waals surface area contributed by atoms with Crippen molar-refractivity contribution in [3.05, 3.63) is 24.1 Å². The smallest absolute Gasteiger partial charge is 0.409 e. The normalized spacial score (nSPS) is 16.2. The van der Waals surface area contributed by atoms with Gasteiger partial charge in [0.2, 0.25) is 0 Å². The predicted octanol–water partition coefficient (Wildman–Crippen LogP) is 2.25. The van der Waals surface area contributed by atoms with Gasteiger partial charge in [0.05, 0.1) is 6.61 Å². The van der Waals surface area contributed by atoms with E-state index in [1.807, 2.05) is 0 Å². The van der Waals surface area contributed by atoms with Crippen LogP contribution >= 0.6 is 0 Å². The highest BCUT2D eigenvalue weighted by atomic mass is 19.1. The number of rotatable bonds is 3. The van der Waals surface area contributed by atoms with Gasteiger partial charge in [-0.2, -0.15) is 0 Å². The topological polar surface area (TPSA) is 54.5 Å². The molecule has 0 aromatic carbocycles. The maximum atomic E-state index is 13.4. The number of pyridine rings is 1. The molecule has 6 heteroatoms. The summed E-state index contributed by atoms with van der Waals surface area (Å²) in [4.78, 5) is 17.2. The molecule has 0 radical (unpaired) electrons. The average Bonchev–Trinajstić information content (AvgIpc) is 2.42. The van der Waals surface area contributed by atoms with E-state index in [0.717, 1.165) is 12.8 Å². The lowest BCUT2D eigenvalue weighted by atomic mass is 10.1. The Balaban J connectivity index is 1.84. The van der Waals surface area contributed by atoms with Crippen LogP contribution in [0.4, 0.5) is 15.0 Å². The number of nitrogens with zero attached hydrogens (tertiary/aromatic N) is 2. The van der Waals surface area contributed by atoms with Gasteiger partial charge in [-0.1, -0.05) is 0 Å². The second kappa shape index (κ2) is 6.36. The summed E-state index contributed by atoms with van der Waals surface area (Å²) >= 11 is 0. The second-order valence-corrected chi connectivity index (χ2v) is 4.44. The lowest BCUT2D eigenvalue weighted by Crippen LogP contribution is -2.42. The summed E-state index contributed by atoms with van der Waals surface area (Å²) in [5, 5.41) is 3.08. The first kappa shape index (κ1) is 13.6. The van der Waals surface area contributed by atoms with Crippen LogP contribution in [0.2, 0.25) is 0 Å². The minimum atomic E-state index is -0.352. The third-order valence-corrected chi connectivity index (χ3v) is 3.12. The third kappa shape index (κ3) is 3.56. The highest BCUT2D eigenvalue weighted by Crippen LogP contribution is 2.17. The van der Waals surface area contributed by atoms with Crippen LogP contribution in [-0.4, -0.2) is 41.7 Å². The molecule has 0 atom stereocenters. The number of nitrogens with one attached hydrogen (secondary N) is 1. The Morgan fingerprint density at radius 1 is 1.58 bits per heavy atom. The van der Waals surface area contributed by atoms with E-state index in [-0.39, 0.29) is 23.8 Å². The summed E-state index contributed by atoms with van der Waals surface area (Å²) in [5.41, 5.74) is 0. The number of aromatic nitrogens is 1. The van der Waals surface area contributed by atoms with E-state index >= 15 is 0 Å². The van der Waals surface area contributed by atoms with Crippen molar-refractivity contribution in [3.63, 3.8) is 0 Å². The number of carbonyl (C=O) groups excluding carboxylic acids is 1. The van der Waals surface area contributed by atoms with Crippen LogP contribution in [0.1, 0.15) is 19.8 Å². The summed E-state index contributed by atoms with van der Waals surface area (Å²) in [5.74, 6) is -0.0765. The molecule has 1 aliphatic heterocycles. The summed E-state index contributed by atoms with van der Waals surface area (Å²) in [7, 11) is 0. The fraction of sp³-hybridized carbons (Fsp3) is 0.538. The van der Waals surface area contributed by atoms with Gasteiger partial charge in [0, 0.05) is 25.3 Å². The molecule has 0 saturated carbocycles. The predicted molar refractivity (Wildman–Crippen MR) is 69.4 cm³/mol. The molecule has 0 bridgehead atoms. The Labute approximate surface area is 111 Å². The Hall–Kier alpha value is -1.85. The van der Waals surface area contributed by atoms with Gasteiger partial charge in [0.1, 0.15) is 0 Å². The number of ether oxygens (including phenoxy) is 1. The fourth-order valence-electron chi connectivity index (χ4n) is 2.11. The van der Waals surface area contributed by atoms with Crippen LogP contribution < -0.4 is 5.32 Å². The Bertz CT molecular complexity index is 434. The number of anilines is 1. The zero-order valence-electron chi connectivity index (χ0n) is 10.9. The number of halogens is 1. The summed E-state index contributed by atoms with van der Waals surface area (Å²) < 4.78 is 18.4. The van der Waals surface area contributed by atoms with Crippen LogP contribution in [-0.2, 0) is 4.74 Å². The molecule has 1 aromatic rings. The van der Waals surface area contributed by atoms with E-state index in [0.29, 0.717) is 19.7 Å². The van der Waals surface area contributed by atoms with Crippen LogP contribution in [0, 0.1) is 5.82 Å². The Kier molecular flexibility index (Phi) is 4.54. The van der Waals surface area contributed by atoms with Crippen molar-refractivity contribution in [2.45, 2.75) is 25.8 Å². The minimum Gasteiger partial charge on any atom is -0.450 e. The molecule has 1 N–H and O–H groups in total. The highest BCUT2D eigenvalue weighted by molar-refractivity contribution is 5.67. The van der Waals surface area contributed by atoms with Gasteiger partial charge in [-0.05, 0) is 31.9 Å². The first-order valence-corrected chi connectivity index (χ1v) is 6.49. The number of hydrogen-bond acceptors (Lipinski definition) is 4. The summed E-state index contributed by atoms with van der Waals surface area (Å²) in [6.45, 7) is 3.40. The molecule has 0 spiro atoms. The molecular formula is C13H18FN3O2. The number of amides is 1. The molecule has 0 aliphatic carbocycles. The number of likely N-dealkylation sites (tertiary alicyclic amines) is 1. The average molecular weight is 267 g/mol. The minimum absolute atomic E-state index is 0.134. The van der Waals surface area contributed by atoms with E-state index in [9.17, 15) is 9.18 Å². The van der Waals surface area contributed by atoms with E-state index in [1.165, 1.54) is 6.07 Å². The molecule has 1 amide bonds. The summed E-state index contributed by atoms with van der Waals surface area (Å²) in [6.07, 6.45) is 2.80. The number of carbonyl (C=O) groups is 1. The van der Waals surface area contributed by atoms with Gasteiger partial charge in [-0.25, -0.2) is 14.2 Å². The molecule has 1 saturated heterocycles. The Morgan fingerprint density at radius 2 is 2.32 bits per heavy atom. The molecule has 19 heavy (non-hydrogen) atoms. The highest BCUT2D eigenvalue weighted by Gasteiger charge is 2.24. The van der Waals surface area contributed by atoms with Crippen LogP contribution in [0.3, 0.4) is 0 Å². The largest absolute Gasteiger partial charge is 0.450 e. The van der Waals surface area contributed by atoms with Crippen LogP contribution in [0.15, 0.2) is 18.3 Å². The molecule has 1 aliphatic rings. The molecule has 1 aromatic heterocycles. The molecule has 2 rings (SSSR count). The second-order valence-electron chi connectivity index (χ2n) is 4.44. The van der Waals surface area contributed by atoms with E-state index in [1.54, 1.807) is 24.1 Å². The maximum absolute atomic E-state index is 13.4. The Morgan fingerprint density at radius 3 is 2.95 bits per heavy atom. The molecule has 2 heterocycles. The zero-order valence-corrected chi connectivity index (χ0v) is 10.9. The summed E-state index contributed by atoms with van der Waals surface area (Å²) in [6, 6.07) is 3.07. The molecule has 5 nitrogen and oxygen atoms in total. The van der Waals surface area contributed by atoms with Gasteiger partial charge in [0.15, 0.2) is 11.6 Å². The number of hydrogen-bond donors (Lipinski definition) is 1. The van der Waals surface area contributed by atoms with Crippen molar-refractivity contribution in [2.24, 2.45) is 0 Å². The maximum Gasteiger partial charge on any atom is 0.409 e. The van der Waals surface area contributed by atoms with Crippen molar-refractivity contribution in [2.75, 3.05) is 25.0 Å². The van der Waals surface area contributed by atoms with Crippen molar-refractivity contribution in [3.8, 4) is 0 Å².